The van der Waals surface area contributed by atoms with Crippen LogP contribution in [0.3, 0.4) is 0 Å². The number of nitrogens with two attached hydrogens (primary N) is 1. The molecule has 0 amide bonds. The highest BCUT2D eigenvalue weighted by atomic mass is 15.0. The van der Waals surface area contributed by atoms with Gasteiger partial charge in [-0.15, -0.1) is 0 Å². The molecule has 6 aromatic rings. The Balaban J connectivity index is 1.68. The lowest BCUT2D eigenvalue weighted by Crippen LogP contribution is -2.10. The molecule has 3 nitrogen and oxygen atoms in total. The van der Waals surface area contributed by atoms with E-state index in [9.17, 15) is 0 Å². The second-order valence-corrected chi connectivity index (χ2v) is 8.05. The van der Waals surface area contributed by atoms with Crippen molar-refractivity contribution in [3.63, 3.8) is 0 Å². The summed E-state index contributed by atoms with van der Waals surface area (Å²) in [6.07, 6.45) is 0. The number of amidine groups is 1. The SMILES string of the molecule is N=C(N)c1ccc2c(c1)c1ccccc1n2Cc1c2ccccc2cc2ccccc12. The third-order valence-corrected chi connectivity index (χ3v) is 6.28. The molecule has 3 N–H and O–H groups in total. The van der Waals surface area contributed by atoms with Crippen molar-refractivity contribution >= 4 is 49.2 Å². The van der Waals surface area contributed by atoms with Gasteiger partial charge in [0, 0.05) is 33.9 Å². The highest BCUT2D eigenvalue weighted by molar-refractivity contribution is 6.11. The van der Waals surface area contributed by atoms with Crippen LogP contribution in [0.5, 0.6) is 0 Å². The van der Waals surface area contributed by atoms with E-state index in [2.05, 4.69) is 89.5 Å². The summed E-state index contributed by atoms with van der Waals surface area (Å²) in [5.74, 6) is 0.0961. The Kier molecular flexibility index (Phi) is 3.84. The van der Waals surface area contributed by atoms with Crippen molar-refractivity contribution in [1.29, 1.82) is 5.41 Å². The first-order valence-electron chi connectivity index (χ1n) is 10.5. The van der Waals surface area contributed by atoms with Crippen LogP contribution < -0.4 is 5.73 Å². The number of benzene rings is 5. The quantitative estimate of drug-likeness (QED) is 0.201. The fourth-order valence-corrected chi connectivity index (χ4v) is 4.83. The molecule has 31 heavy (non-hydrogen) atoms. The molecule has 0 aliphatic rings. The average Bonchev–Trinajstić information content (AvgIpc) is 3.12. The molecule has 0 radical (unpaired) electrons. The van der Waals surface area contributed by atoms with E-state index < -0.39 is 0 Å². The Bertz CT molecular complexity index is 1590. The fourth-order valence-electron chi connectivity index (χ4n) is 4.83. The first kappa shape index (κ1) is 17.7. The van der Waals surface area contributed by atoms with E-state index in [0.29, 0.717) is 0 Å². The predicted octanol–water partition coefficient (Wildman–Crippen LogP) is 6.43. The summed E-state index contributed by atoms with van der Waals surface area (Å²) < 4.78 is 2.39. The van der Waals surface area contributed by atoms with Crippen molar-refractivity contribution in [2.45, 2.75) is 6.54 Å². The zero-order chi connectivity index (χ0) is 20.9. The van der Waals surface area contributed by atoms with E-state index in [1.165, 1.54) is 38.0 Å². The van der Waals surface area contributed by atoms with E-state index in [4.69, 9.17) is 11.1 Å². The average molecular weight is 399 g/mol. The second-order valence-electron chi connectivity index (χ2n) is 8.05. The number of para-hydroxylation sites is 1. The van der Waals surface area contributed by atoms with Crippen LogP contribution in [0, 0.1) is 5.41 Å². The summed E-state index contributed by atoms with van der Waals surface area (Å²) in [6.45, 7) is 0.769. The summed E-state index contributed by atoms with van der Waals surface area (Å²) in [5, 5.41) is 15.3. The van der Waals surface area contributed by atoms with Crippen LogP contribution in [0.2, 0.25) is 0 Å². The number of nitrogens with one attached hydrogen (secondary N) is 1. The number of nitrogen functional groups attached to an aromatic ring is 1. The predicted molar refractivity (Wildman–Crippen MR) is 131 cm³/mol. The molecule has 5 aromatic carbocycles. The molecule has 1 aromatic heterocycles. The maximum absolute atomic E-state index is 7.86. The molecule has 148 valence electrons. The lowest BCUT2D eigenvalue weighted by molar-refractivity contribution is 0.882. The Morgan fingerprint density at radius 2 is 1.23 bits per heavy atom. The van der Waals surface area contributed by atoms with Crippen LogP contribution in [0.25, 0.3) is 43.4 Å². The third-order valence-electron chi connectivity index (χ3n) is 6.28. The number of nitrogens with zero attached hydrogens (tertiary/aromatic N) is 1. The van der Waals surface area contributed by atoms with Gasteiger partial charge < -0.3 is 10.3 Å². The minimum Gasteiger partial charge on any atom is -0.384 e. The number of hydrogen-bond acceptors (Lipinski definition) is 1. The number of aromatic nitrogens is 1. The van der Waals surface area contributed by atoms with Gasteiger partial charge in [0.25, 0.3) is 0 Å². The van der Waals surface area contributed by atoms with Crippen LogP contribution in [0.4, 0.5) is 0 Å². The van der Waals surface area contributed by atoms with Crippen molar-refractivity contribution in [1.82, 2.24) is 4.57 Å². The second kappa shape index (κ2) is 6.71. The van der Waals surface area contributed by atoms with Crippen LogP contribution in [-0.4, -0.2) is 10.4 Å². The molecule has 0 unspecified atom stereocenters. The van der Waals surface area contributed by atoms with Crippen molar-refractivity contribution in [2.24, 2.45) is 5.73 Å². The standard InChI is InChI=1S/C28H21N3/c29-28(30)20-13-14-27-24(16-20)23-11-5-6-12-26(23)31(27)17-25-21-9-3-1-7-18(21)15-19-8-2-4-10-22(19)25/h1-16H,17H2,(H3,29,30). The van der Waals surface area contributed by atoms with Gasteiger partial charge in [-0.2, -0.15) is 0 Å². The largest absolute Gasteiger partial charge is 0.384 e. The zero-order valence-electron chi connectivity index (χ0n) is 17.0. The van der Waals surface area contributed by atoms with Gasteiger partial charge in [-0.1, -0.05) is 66.7 Å². The van der Waals surface area contributed by atoms with Crippen molar-refractivity contribution in [3.8, 4) is 0 Å². The van der Waals surface area contributed by atoms with Crippen LogP contribution in [0.15, 0.2) is 97.1 Å². The number of hydrogen-bond donors (Lipinski definition) is 2. The van der Waals surface area contributed by atoms with E-state index in [0.717, 1.165) is 23.0 Å². The Labute approximate surface area is 179 Å². The topological polar surface area (TPSA) is 54.8 Å². The first-order valence-corrected chi connectivity index (χ1v) is 10.5. The molecular weight excluding hydrogens is 378 g/mol. The molecule has 0 bridgehead atoms. The molecule has 0 saturated carbocycles. The Hall–Kier alpha value is -4.11. The van der Waals surface area contributed by atoms with Crippen LogP contribution in [0.1, 0.15) is 11.1 Å². The van der Waals surface area contributed by atoms with Gasteiger partial charge in [-0.05, 0) is 57.4 Å². The summed E-state index contributed by atoms with van der Waals surface area (Å²) in [4.78, 5) is 0. The summed E-state index contributed by atoms with van der Waals surface area (Å²) in [7, 11) is 0. The zero-order valence-corrected chi connectivity index (χ0v) is 17.0. The minimum absolute atomic E-state index is 0.0961. The monoisotopic (exact) mass is 399 g/mol. The molecule has 0 fully saturated rings. The van der Waals surface area contributed by atoms with Gasteiger partial charge in [-0.3, -0.25) is 5.41 Å². The smallest absolute Gasteiger partial charge is 0.122 e. The van der Waals surface area contributed by atoms with Crippen molar-refractivity contribution in [3.05, 3.63) is 108 Å². The highest BCUT2D eigenvalue weighted by Gasteiger charge is 2.15. The van der Waals surface area contributed by atoms with E-state index >= 15 is 0 Å². The van der Waals surface area contributed by atoms with Crippen LogP contribution >= 0.6 is 0 Å². The van der Waals surface area contributed by atoms with Crippen LogP contribution in [-0.2, 0) is 6.54 Å². The van der Waals surface area contributed by atoms with Crippen molar-refractivity contribution < 1.29 is 0 Å². The Morgan fingerprint density at radius 1 is 0.645 bits per heavy atom. The molecule has 0 aliphatic heterocycles. The van der Waals surface area contributed by atoms with Gasteiger partial charge in [0.05, 0.1) is 0 Å². The molecule has 0 saturated heterocycles. The molecule has 6 rings (SSSR count). The van der Waals surface area contributed by atoms with Gasteiger partial charge in [0.1, 0.15) is 5.84 Å². The summed E-state index contributed by atoms with van der Waals surface area (Å²) in [6, 6.07) is 34.1. The van der Waals surface area contributed by atoms with E-state index in [1.807, 2.05) is 12.1 Å². The fraction of sp³-hybridized carbons (Fsp3) is 0.0357. The van der Waals surface area contributed by atoms with E-state index in [1.54, 1.807) is 0 Å². The lowest BCUT2D eigenvalue weighted by atomic mass is 9.96. The maximum Gasteiger partial charge on any atom is 0.122 e. The van der Waals surface area contributed by atoms with E-state index in [-0.39, 0.29) is 5.84 Å². The summed E-state index contributed by atoms with van der Waals surface area (Å²) >= 11 is 0. The molecule has 3 heteroatoms. The van der Waals surface area contributed by atoms with Gasteiger partial charge in [-0.25, -0.2) is 0 Å². The minimum atomic E-state index is 0.0961. The molecular formula is C28H21N3. The van der Waals surface area contributed by atoms with Gasteiger partial charge in [0.2, 0.25) is 0 Å². The lowest BCUT2D eigenvalue weighted by Gasteiger charge is -2.14. The number of fused-ring (bicyclic) bond motifs is 5. The molecule has 0 atom stereocenters. The normalized spacial score (nSPS) is 11.6. The summed E-state index contributed by atoms with van der Waals surface area (Å²) in [5.41, 5.74) is 10.2. The van der Waals surface area contributed by atoms with Gasteiger partial charge in [0.15, 0.2) is 0 Å². The molecule has 0 spiro atoms. The molecule has 0 aliphatic carbocycles. The number of rotatable bonds is 3. The van der Waals surface area contributed by atoms with Crippen molar-refractivity contribution in [2.75, 3.05) is 0 Å². The first-order chi connectivity index (χ1) is 15.2. The Morgan fingerprint density at radius 3 is 1.90 bits per heavy atom. The third kappa shape index (κ3) is 2.71. The van der Waals surface area contributed by atoms with Gasteiger partial charge >= 0.3 is 0 Å². The maximum atomic E-state index is 7.86. The molecule has 1 heterocycles. The highest BCUT2D eigenvalue weighted by Crippen LogP contribution is 2.34.